The molecule has 27 heavy (non-hydrogen) atoms. The zero-order chi connectivity index (χ0) is 20.6. The van der Waals surface area contributed by atoms with Crippen molar-refractivity contribution in [3.8, 4) is 0 Å². The summed E-state index contributed by atoms with van der Waals surface area (Å²) in [5, 5.41) is 2.92. The number of alkyl halides is 6. The maximum atomic E-state index is 12.6. The number of halogens is 7. The van der Waals surface area contributed by atoms with Gasteiger partial charge in [0.05, 0.1) is 6.04 Å². The molecule has 1 saturated heterocycles. The van der Waals surface area contributed by atoms with E-state index in [1.54, 1.807) is 24.3 Å². The molecule has 1 heterocycles. The topological polar surface area (TPSA) is 49.4 Å². The Kier molecular flexibility index (Phi) is 7.52. The van der Waals surface area contributed by atoms with Gasteiger partial charge in [0.1, 0.15) is 0 Å². The zero-order valence-electron chi connectivity index (χ0n) is 13.5. The van der Waals surface area contributed by atoms with E-state index in [-0.39, 0.29) is 5.92 Å². The van der Waals surface area contributed by atoms with Gasteiger partial charge in [-0.1, -0.05) is 87.3 Å². The van der Waals surface area contributed by atoms with E-state index < -0.39 is 25.4 Å². The molecule has 1 aromatic carbocycles. The second-order valence-corrected chi connectivity index (χ2v) is 10.8. The fraction of sp³-hybridized carbons (Fsp3) is 0.375. The van der Waals surface area contributed by atoms with Crippen LogP contribution in [-0.4, -0.2) is 30.8 Å². The van der Waals surface area contributed by atoms with Crippen LogP contribution in [0.1, 0.15) is 18.0 Å². The smallest absolute Gasteiger partial charge is 0.276 e. The van der Waals surface area contributed by atoms with Gasteiger partial charge in [0.15, 0.2) is 0 Å². The molecule has 2 amide bonds. The van der Waals surface area contributed by atoms with E-state index >= 15 is 0 Å². The lowest BCUT2D eigenvalue weighted by molar-refractivity contribution is -0.131. The number of anilines is 1. The fourth-order valence-corrected chi connectivity index (χ4v) is 3.59. The minimum atomic E-state index is -2.17. The van der Waals surface area contributed by atoms with Crippen LogP contribution in [0.25, 0.3) is 0 Å². The van der Waals surface area contributed by atoms with Crippen molar-refractivity contribution in [2.45, 2.75) is 20.0 Å². The molecule has 0 aliphatic carbocycles. The van der Waals surface area contributed by atoms with Crippen LogP contribution in [0.2, 0.25) is 5.02 Å². The fourth-order valence-electron chi connectivity index (χ4n) is 2.94. The van der Waals surface area contributed by atoms with Crippen LogP contribution in [0, 0.1) is 5.92 Å². The summed E-state index contributed by atoms with van der Waals surface area (Å²) in [5.41, 5.74) is 0.826. The van der Waals surface area contributed by atoms with Crippen LogP contribution in [0.4, 0.5) is 5.69 Å². The van der Waals surface area contributed by atoms with Gasteiger partial charge < -0.3 is 10.2 Å². The van der Waals surface area contributed by atoms with Crippen LogP contribution in [0.5, 0.6) is 0 Å². The van der Waals surface area contributed by atoms with Crippen LogP contribution in [0.3, 0.4) is 0 Å². The average molecular weight is 513 g/mol. The molecule has 0 saturated carbocycles. The summed E-state index contributed by atoms with van der Waals surface area (Å²) in [6.45, 7) is 4.14. The summed E-state index contributed by atoms with van der Waals surface area (Å²) in [5.74, 6) is -1.72. The lowest BCUT2D eigenvalue weighted by Crippen LogP contribution is -2.40. The van der Waals surface area contributed by atoms with E-state index in [1.165, 1.54) is 4.90 Å². The van der Waals surface area contributed by atoms with E-state index in [9.17, 15) is 9.59 Å². The second-order valence-electron chi connectivity index (χ2n) is 5.81. The molecule has 2 atom stereocenters. The molecule has 0 spiro atoms. The highest BCUT2D eigenvalue weighted by molar-refractivity contribution is 6.77. The molecule has 0 bridgehead atoms. The molecule has 1 fully saturated rings. The number of likely N-dealkylation sites (tertiary alicyclic amines) is 1. The first-order chi connectivity index (χ1) is 12.4. The first-order valence-electron chi connectivity index (χ1n) is 7.54. The van der Waals surface area contributed by atoms with E-state index in [0.29, 0.717) is 29.2 Å². The van der Waals surface area contributed by atoms with Gasteiger partial charge in [0.2, 0.25) is 0 Å². The van der Waals surface area contributed by atoms with Gasteiger partial charge in [-0.05, 0) is 24.6 Å². The first-order valence-corrected chi connectivity index (χ1v) is 10.2. The van der Waals surface area contributed by atoms with E-state index in [0.717, 1.165) is 0 Å². The highest BCUT2D eigenvalue weighted by Crippen LogP contribution is 2.45. The quantitative estimate of drug-likeness (QED) is 0.393. The normalized spacial score (nSPS) is 20.5. The molecule has 0 radical (unpaired) electrons. The first kappa shape index (κ1) is 23.2. The van der Waals surface area contributed by atoms with Gasteiger partial charge >= 0.3 is 0 Å². The number of carbonyl (C=O) groups is 2. The summed E-state index contributed by atoms with van der Waals surface area (Å²) in [4.78, 5) is 26.1. The molecule has 0 aromatic heterocycles. The molecule has 1 aromatic rings. The molecule has 148 valence electrons. The molecule has 1 aliphatic rings. The summed E-state index contributed by atoms with van der Waals surface area (Å²) in [7, 11) is 0. The number of benzene rings is 1. The SMILES string of the molecule is C=C[C@H]1CCN(C(=O)C(Cl)(Cl)Cl)[C@@H]1c1cc(Cl)ccc1NC(=O)C(Cl)(Cl)Cl. The standard InChI is InChI=1S/C16H13Cl7N2O2/c1-2-8-5-6-25(14(27)16(21,22)23)12(8)10-7-9(17)3-4-11(10)24-13(26)15(18,19)20/h2-4,7-8,12H,1,5-6H2,(H,24,26)/t8-,12-/m0/s1. The second kappa shape index (κ2) is 8.74. The number of amides is 2. The van der Waals surface area contributed by atoms with Crippen LogP contribution in [-0.2, 0) is 9.59 Å². The number of rotatable bonds is 3. The van der Waals surface area contributed by atoms with E-state index in [1.807, 2.05) is 0 Å². The molecule has 4 nitrogen and oxygen atoms in total. The van der Waals surface area contributed by atoms with Crippen molar-refractivity contribution in [2.75, 3.05) is 11.9 Å². The van der Waals surface area contributed by atoms with Crippen molar-refractivity contribution in [1.29, 1.82) is 0 Å². The number of carbonyl (C=O) groups excluding carboxylic acids is 2. The Morgan fingerprint density at radius 1 is 1.15 bits per heavy atom. The lowest BCUT2D eigenvalue weighted by Gasteiger charge is -2.31. The Hall–Kier alpha value is -0.0700. The molecule has 11 heteroatoms. The minimum Gasteiger partial charge on any atom is -0.331 e. The maximum absolute atomic E-state index is 12.6. The molecule has 1 aliphatic heterocycles. The van der Waals surface area contributed by atoms with Crippen molar-refractivity contribution in [3.63, 3.8) is 0 Å². The van der Waals surface area contributed by atoms with Gasteiger partial charge in [-0.3, -0.25) is 9.59 Å². The molecule has 1 N–H and O–H groups in total. The van der Waals surface area contributed by atoms with Crippen LogP contribution in [0.15, 0.2) is 30.9 Å². The van der Waals surface area contributed by atoms with Gasteiger partial charge in [-0.25, -0.2) is 0 Å². The van der Waals surface area contributed by atoms with Gasteiger partial charge in [0.25, 0.3) is 19.4 Å². The van der Waals surface area contributed by atoms with E-state index in [4.69, 9.17) is 81.2 Å². The Balaban J connectivity index is 2.52. The average Bonchev–Trinajstić information content (AvgIpc) is 2.97. The van der Waals surface area contributed by atoms with Crippen molar-refractivity contribution < 1.29 is 9.59 Å². The summed E-state index contributed by atoms with van der Waals surface area (Å²) in [6.07, 6.45) is 2.28. The van der Waals surface area contributed by atoms with Crippen molar-refractivity contribution in [2.24, 2.45) is 5.92 Å². The van der Waals surface area contributed by atoms with E-state index in [2.05, 4.69) is 11.9 Å². The Morgan fingerprint density at radius 2 is 1.78 bits per heavy atom. The lowest BCUT2D eigenvalue weighted by atomic mass is 9.92. The summed E-state index contributed by atoms with van der Waals surface area (Å²) < 4.78 is -4.30. The summed E-state index contributed by atoms with van der Waals surface area (Å²) in [6, 6.07) is 4.12. The van der Waals surface area contributed by atoms with Crippen LogP contribution < -0.4 is 5.32 Å². The summed E-state index contributed by atoms with van der Waals surface area (Å²) >= 11 is 40.4. The molecular formula is C16H13Cl7N2O2. The number of nitrogens with one attached hydrogen (secondary N) is 1. The predicted octanol–water partition coefficient (Wildman–Crippen LogP) is 6.09. The Labute approximate surface area is 191 Å². The number of nitrogens with zero attached hydrogens (tertiary/aromatic N) is 1. The van der Waals surface area contributed by atoms with Gasteiger partial charge in [-0.15, -0.1) is 6.58 Å². The predicted molar refractivity (Wildman–Crippen MR) is 113 cm³/mol. The monoisotopic (exact) mass is 510 g/mol. The Morgan fingerprint density at radius 3 is 2.30 bits per heavy atom. The molecular weight excluding hydrogens is 500 g/mol. The third-order valence-electron chi connectivity index (χ3n) is 4.09. The maximum Gasteiger partial charge on any atom is 0.276 e. The Bertz CT molecular complexity index is 758. The minimum absolute atomic E-state index is 0.164. The number of hydrogen-bond donors (Lipinski definition) is 1. The third kappa shape index (κ3) is 5.51. The highest BCUT2D eigenvalue weighted by atomic mass is 35.6. The molecule has 0 unspecified atom stereocenters. The van der Waals surface area contributed by atoms with Crippen molar-refractivity contribution >= 4 is 98.7 Å². The highest BCUT2D eigenvalue weighted by Gasteiger charge is 2.45. The van der Waals surface area contributed by atoms with Crippen molar-refractivity contribution in [1.82, 2.24) is 4.90 Å². The molecule has 2 rings (SSSR count). The van der Waals surface area contributed by atoms with Crippen LogP contribution >= 0.6 is 81.2 Å². The van der Waals surface area contributed by atoms with Crippen molar-refractivity contribution in [3.05, 3.63) is 41.4 Å². The zero-order valence-corrected chi connectivity index (χ0v) is 18.8. The third-order valence-corrected chi connectivity index (χ3v) is 5.32. The number of hydrogen-bond acceptors (Lipinski definition) is 2. The van der Waals surface area contributed by atoms with Gasteiger partial charge in [0, 0.05) is 28.7 Å². The largest absolute Gasteiger partial charge is 0.331 e. The van der Waals surface area contributed by atoms with Gasteiger partial charge in [-0.2, -0.15) is 0 Å².